The number of aromatic carboxylic acids is 1. The minimum absolute atomic E-state index is 0.248. The van der Waals surface area contributed by atoms with Gasteiger partial charge in [-0.15, -0.1) is 0 Å². The van der Waals surface area contributed by atoms with Crippen LogP contribution in [0.1, 0.15) is 10.4 Å². The standard InChI is InChI=1S/C11H9N3O2S/c15-11(16)8-6-12-14-7-9(17-10(8)14)13-4-2-1-3-5-13/h1-4,6-7H,5H2,(H,15,16). The van der Waals surface area contributed by atoms with Crippen LogP contribution in [0.5, 0.6) is 0 Å². The minimum atomic E-state index is -0.942. The number of carbonyl (C=O) groups is 1. The Bertz CT molecular complexity index is 638. The number of aromatic nitrogens is 2. The van der Waals surface area contributed by atoms with Crippen molar-refractivity contribution in [3.8, 4) is 0 Å². The quantitative estimate of drug-likeness (QED) is 0.881. The number of carboxylic acid groups (broad SMARTS) is 1. The van der Waals surface area contributed by atoms with Crippen molar-refractivity contribution in [2.24, 2.45) is 0 Å². The monoisotopic (exact) mass is 247 g/mol. The van der Waals surface area contributed by atoms with E-state index < -0.39 is 5.97 Å². The fraction of sp³-hybridized carbons (Fsp3) is 0.0909. The number of hydrogen-bond acceptors (Lipinski definition) is 4. The lowest BCUT2D eigenvalue weighted by Gasteiger charge is -2.17. The van der Waals surface area contributed by atoms with Gasteiger partial charge in [-0.1, -0.05) is 23.5 Å². The molecular weight excluding hydrogens is 238 g/mol. The first-order chi connectivity index (χ1) is 8.25. The van der Waals surface area contributed by atoms with Gasteiger partial charge in [0.2, 0.25) is 0 Å². The van der Waals surface area contributed by atoms with Gasteiger partial charge in [0.15, 0.2) is 0 Å². The lowest BCUT2D eigenvalue weighted by atomic mass is 10.3. The summed E-state index contributed by atoms with van der Waals surface area (Å²) < 4.78 is 1.61. The summed E-state index contributed by atoms with van der Waals surface area (Å²) in [6, 6.07) is 0. The highest BCUT2D eigenvalue weighted by Gasteiger charge is 2.16. The van der Waals surface area contributed by atoms with Crippen LogP contribution in [0.25, 0.3) is 4.83 Å². The maximum absolute atomic E-state index is 11.0. The lowest BCUT2D eigenvalue weighted by molar-refractivity contribution is 0.0699. The SMILES string of the molecule is O=C(O)c1cnn2cc(N3C=CC=CC3)sc12. The molecule has 3 heterocycles. The van der Waals surface area contributed by atoms with Gasteiger partial charge in [0.1, 0.15) is 15.4 Å². The van der Waals surface area contributed by atoms with Gasteiger partial charge in [-0.3, -0.25) is 0 Å². The number of allylic oxidation sites excluding steroid dienone is 2. The predicted octanol–water partition coefficient (Wildman–Crippen LogP) is 1.98. The predicted molar refractivity (Wildman–Crippen MR) is 65.7 cm³/mol. The Morgan fingerprint density at radius 2 is 2.35 bits per heavy atom. The number of anilines is 1. The molecule has 1 N–H and O–H groups in total. The molecule has 0 unspecified atom stereocenters. The molecule has 2 aromatic heterocycles. The van der Waals surface area contributed by atoms with Gasteiger partial charge in [0, 0.05) is 12.7 Å². The Balaban J connectivity index is 2.05. The van der Waals surface area contributed by atoms with Gasteiger partial charge < -0.3 is 10.0 Å². The maximum Gasteiger partial charge on any atom is 0.340 e. The number of fused-ring (bicyclic) bond motifs is 1. The molecule has 3 rings (SSSR count). The largest absolute Gasteiger partial charge is 0.478 e. The summed E-state index contributed by atoms with van der Waals surface area (Å²) in [5.41, 5.74) is 0.248. The van der Waals surface area contributed by atoms with Crippen LogP contribution in [0.4, 0.5) is 5.00 Å². The molecule has 0 radical (unpaired) electrons. The summed E-state index contributed by atoms with van der Waals surface area (Å²) in [6.07, 6.45) is 11.2. The van der Waals surface area contributed by atoms with Crippen LogP contribution in [0.2, 0.25) is 0 Å². The first kappa shape index (κ1) is 10.1. The molecule has 1 aliphatic heterocycles. The van der Waals surface area contributed by atoms with Gasteiger partial charge in [0.25, 0.3) is 0 Å². The number of hydrogen-bond donors (Lipinski definition) is 1. The third kappa shape index (κ3) is 1.62. The van der Waals surface area contributed by atoms with Gasteiger partial charge in [-0.05, 0) is 6.08 Å². The van der Waals surface area contributed by atoms with E-state index in [4.69, 9.17) is 5.11 Å². The minimum Gasteiger partial charge on any atom is -0.478 e. The van der Waals surface area contributed by atoms with Crippen molar-refractivity contribution in [1.29, 1.82) is 0 Å². The molecule has 17 heavy (non-hydrogen) atoms. The molecule has 2 aromatic rings. The Hall–Kier alpha value is -2.08. The van der Waals surface area contributed by atoms with E-state index in [9.17, 15) is 4.79 Å². The second kappa shape index (κ2) is 3.74. The van der Waals surface area contributed by atoms with Crippen molar-refractivity contribution in [2.75, 3.05) is 11.4 Å². The molecule has 0 fully saturated rings. The highest BCUT2D eigenvalue weighted by molar-refractivity contribution is 7.21. The van der Waals surface area contributed by atoms with Crippen molar-refractivity contribution in [2.45, 2.75) is 0 Å². The summed E-state index contributed by atoms with van der Waals surface area (Å²) in [5, 5.41) is 14.0. The maximum atomic E-state index is 11.0. The molecule has 6 heteroatoms. The van der Waals surface area contributed by atoms with E-state index in [1.165, 1.54) is 17.5 Å². The molecule has 0 amide bonds. The third-order valence-electron chi connectivity index (χ3n) is 2.51. The normalized spacial score (nSPS) is 14.7. The molecule has 0 saturated heterocycles. The Morgan fingerprint density at radius 1 is 1.47 bits per heavy atom. The van der Waals surface area contributed by atoms with E-state index in [1.807, 2.05) is 35.5 Å². The van der Waals surface area contributed by atoms with E-state index in [0.717, 1.165) is 11.5 Å². The second-order valence-electron chi connectivity index (χ2n) is 3.60. The zero-order valence-electron chi connectivity index (χ0n) is 8.78. The molecule has 86 valence electrons. The molecule has 5 nitrogen and oxygen atoms in total. The van der Waals surface area contributed by atoms with Crippen LogP contribution in [0.3, 0.4) is 0 Å². The first-order valence-electron chi connectivity index (χ1n) is 5.06. The zero-order chi connectivity index (χ0) is 11.8. The average molecular weight is 247 g/mol. The second-order valence-corrected chi connectivity index (χ2v) is 4.61. The Labute approximate surface area is 101 Å². The van der Waals surface area contributed by atoms with Crippen LogP contribution in [-0.2, 0) is 0 Å². The van der Waals surface area contributed by atoms with E-state index in [-0.39, 0.29) is 5.56 Å². The zero-order valence-corrected chi connectivity index (χ0v) is 9.59. The van der Waals surface area contributed by atoms with Gasteiger partial charge in [-0.25, -0.2) is 9.31 Å². The third-order valence-corrected chi connectivity index (χ3v) is 3.66. The molecule has 0 saturated carbocycles. The van der Waals surface area contributed by atoms with Crippen molar-refractivity contribution >= 4 is 27.1 Å². The van der Waals surface area contributed by atoms with Crippen molar-refractivity contribution < 1.29 is 9.90 Å². The van der Waals surface area contributed by atoms with Gasteiger partial charge in [0.05, 0.1) is 12.4 Å². The van der Waals surface area contributed by atoms with Crippen LogP contribution in [0, 0.1) is 0 Å². The van der Waals surface area contributed by atoms with E-state index in [0.29, 0.717) is 4.83 Å². The molecule has 0 bridgehead atoms. The van der Waals surface area contributed by atoms with Crippen LogP contribution < -0.4 is 4.90 Å². The fourth-order valence-electron chi connectivity index (χ4n) is 1.69. The first-order valence-corrected chi connectivity index (χ1v) is 5.88. The van der Waals surface area contributed by atoms with E-state index >= 15 is 0 Å². The fourth-order valence-corrected chi connectivity index (χ4v) is 2.73. The molecule has 1 aliphatic rings. The van der Waals surface area contributed by atoms with E-state index in [2.05, 4.69) is 5.10 Å². The van der Waals surface area contributed by atoms with Gasteiger partial charge in [-0.2, -0.15) is 5.10 Å². The van der Waals surface area contributed by atoms with Crippen LogP contribution >= 0.6 is 11.3 Å². The Kier molecular flexibility index (Phi) is 2.22. The molecule has 0 aromatic carbocycles. The number of nitrogens with zero attached hydrogens (tertiary/aromatic N) is 3. The summed E-state index contributed by atoms with van der Waals surface area (Å²) in [7, 11) is 0. The molecule has 0 aliphatic carbocycles. The van der Waals surface area contributed by atoms with Crippen molar-refractivity contribution in [3.63, 3.8) is 0 Å². The van der Waals surface area contributed by atoms with Gasteiger partial charge >= 0.3 is 5.97 Å². The lowest BCUT2D eigenvalue weighted by Crippen LogP contribution is -2.15. The number of rotatable bonds is 2. The Morgan fingerprint density at radius 3 is 3.06 bits per heavy atom. The topological polar surface area (TPSA) is 57.8 Å². The average Bonchev–Trinajstić information content (AvgIpc) is 2.88. The molecular formula is C11H9N3O2S. The summed E-state index contributed by atoms with van der Waals surface area (Å²) >= 11 is 1.43. The molecule has 0 atom stereocenters. The summed E-state index contributed by atoms with van der Waals surface area (Å²) in [6.45, 7) is 0.794. The summed E-state index contributed by atoms with van der Waals surface area (Å²) in [5.74, 6) is -0.942. The number of thiazole rings is 1. The highest BCUT2D eigenvalue weighted by Crippen LogP contribution is 2.29. The number of carboxylic acids is 1. The van der Waals surface area contributed by atoms with Crippen molar-refractivity contribution in [3.05, 3.63) is 42.4 Å². The van der Waals surface area contributed by atoms with Crippen molar-refractivity contribution in [1.82, 2.24) is 9.61 Å². The van der Waals surface area contributed by atoms with Crippen LogP contribution in [0.15, 0.2) is 36.8 Å². The van der Waals surface area contributed by atoms with E-state index in [1.54, 1.807) is 4.52 Å². The highest BCUT2D eigenvalue weighted by atomic mass is 32.1. The summed E-state index contributed by atoms with van der Waals surface area (Å²) in [4.78, 5) is 13.7. The smallest absolute Gasteiger partial charge is 0.340 e. The van der Waals surface area contributed by atoms with Crippen LogP contribution in [-0.4, -0.2) is 27.2 Å². The molecule has 0 spiro atoms.